The Labute approximate surface area is 167 Å². The van der Waals surface area contributed by atoms with E-state index in [1.807, 2.05) is 6.92 Å². The monoisotopic (exact) mass is 397 g/mol. The van der Waals surface area contributed by atoms with Crippen LogP contribution >= 0.6 is 0 Å². The summed E-state index contributed by atoms with van der Waals surface area (Å²) in [5.74, 6) is -1.61. The molecule has 0 spiro atoms. The van der Waals surface area contributed by atoms with E-state index in [0.717, 1.165) is 0 Å². The van der Waals surface area contributed by atoms with E-state index in [2.05, 4.69) is 0 Å². The summed E-state index contributed by atoms with van der Waals surface area (Å²) in [5, 5.41) is 30.4. The third-order valence-corrected chi connectivity index (χ3v) is 5.84. The number of benzene rings is 2. The second kappa shape index (κ2) is 7.26. The topological polar surface area (TPSA) is 130 Å². The summed E-state index contributed by atoms with van der Waals surface area (Å²) in [5.41, 5.74) is 6.52. The lowest BCUT2D eigenvalue weighted by Crippen LogP contribution is -2.47. The standard InChI is InChI=1S/C22H23NO6/c1-10-5-12(8-15(23)20(10)26)29-9-11-6-14-19(17(25)7-11)22(28)18-13(21(14)27)3-2-4-16(18)24/h2-4,6-7,10,12,15,20,24-26H,5,8-9,23H2,1H3/t10-,12-,15+,20+/m1/s1. The number of fused-ring (bicyclic) bond motifs is 2. The number of aliphatic hydroxyl groups is 1. The molecule has 5 N–H and O–H groups in total. The number of aliphatic hydroxyl groups excluding tert-OH is 1. The van der Waals surface area contributed by atoms with E-state index in [-0.39, 0.29) is 58.4 Å². The zero-order chi connectivity index (χ0) is 20.9. The van der Waals surface area contributed by atoms with Gasteiger partial charge in [-0.1, -0.05) is 19.1 Å². The smallest absolute Gasteiger partial charge is 0.201 e. The predicted molar refractivity (Wildman–Crippen MR) is 104 cm³/mol. The first kappa shape index (κ1) is 19.6. The minimum Gasteiger partial charge on any atom is -0.507 e. The van der Waals surface area contributed by atoms with Crippen LogP contribution in [0.1, 0.15) is 57.2 Å². The van der Waals surface area contributed by atoms with Crippen molar-refractivity contribution < 1.29 is 29.6 Å². The number of hydrogen-bond acceptors (Lipinski definition) is 7. The number of aromatic hydroxyl groups is 2. The Bertz CT molecular complexity index is 989. The Hall–Kier alpha value is -2.74. The van der Waals surface area contributed by atoms with Gasteiger partial charge < -0.3 is 25.8 Å². The first-order valence-electron chi connectivity index (χ1n) is 9.60. The molecule has 152 valence electrons. The van der Waals surface area contributed by atoms with E-state index in [9.17, 15) is 24.9 Å². The lowest BCUT2D eigenvalue weighted by atomic mass is 9.82. The van der Waals surface area contributed by atoms with E-state index in [1.165, 1.54) is 24.3 Å². The maximum atomic E-state index is 12.9. The third-order valence-electron chi connectivity index (χ3n) is 5.84. The summed E-state index contributed by atoms with van der Waals surface area (Å²) in [6.45, 7) is 2.05. The minimum atomic E-state index is -0.585. The molecule has 0 unspecified atom stereocenters. The molecule has 2 aliphatic rings. The van der Waals surface area contributed by atoms with Gasteiger partial charge in [-0.05, 0) is 42.5 Å². The second-order valence-electron chi connectivity index (χ2n) is 7.93. The Kier molecular flexibility index (Phi) is 4.90. The molecule has 2 aromatic carbocycles. The molecule has 2 aromatic rings. The van der Waals surface area contributed by atoms with Gasteiger partial charge in [0.25, 0.3) is 0 Å². The molecule has 0 aromatic heterocycles. The van der Waals surface area contributed by atoms with Gasteiger partial charge in [0.2, 0.25) is 5.78 Å². The molecule has 1 saturated carbocycles. The quantitative estimate of drug-likeness (QED) is 0.531. The van der Waals surface area contributed by atoms with Crippen molar-refractivity contribution in [3.63, 3.8) is 0 Å². The maximum Gasteiger partial charge on any atom is 0.201 e. The van der Waals surface area contributed by atoms with Crippen LogP contribution in [0.2, 0.25) is 0 Å². The van der Waals surface area contributed by atoms with Crippen molar-refractivity contribution in [3.8, 4) is 11.5 Å². The zero-order valence-electron chi connectivity index (χ0n) is 16.0. The molecule has 0 aliphatic heterocycles. The van der Waals surface area contributed by atoms with Crippen LogP contribution in [0.15, 0.2) is 30.3 Å². The minimum absolute atomic E-state index is 0.0177. The average molecular weight is 397 g/mol. The SMILES string of the molecule is C[C@@H]1C[C@@H](OCc2cc(O)c3c(c2)C(=O)c2cccc(O)c2C3=O)C[C@H](N)[C@H]1O. The molecule has 0 amide bonds. The summed E-state index contributed by atoms with van der Waals surface area (Å²) in [6.07, 6.45) is 0.488. The number of carbonyl (C=O) groups is 2. The molecule has 4 rings (SSSR count). The Morgan fingerprint density at radius 1 is 1.03 bits per heavy atom. The van der Waals surface area contributed by atoms with E-state index < -0.39 is 17.7 Å². The highest BCUT2D eigenvalue weighted by Gasteiger charge is 2.35. The van der Waals surface area contributed by atoms with Crippen LogP contribution in [-0.4, -0.2) is 45.1 Å². The summed E-state index contributed by atoms with van der Waals surface area (Å²) in [6, 6.07) is 6.90. The molecule has 7 heteroatoms. The summed E-state index contributed by atoms with van der Waals surface area (Å²) >= 11 is 0. The van der Waals surface area contributed by atoms with Crippen molar-refractivity contribution in [3.05, 3.63) is 58.1 Å². The van der Waals surface area contributed by atoms with Crippen LogP contribution in [0, 0.1) is 5.92 Å². The van der Waals surface area contributed by atoms with Crippen molar-refractivity contribution in [1.82, 2.24) is 0 Å². The van der Waals surface area contributed by atoms with E-state index in [4.69, 9.17) is 10.5 Å². The number of ketones is 2. The first-order chi connectivity index (χ1) is 13.8. The number of phenolic OH excluding ortho intramolecular Hbond substituents is 2. The van der Waals surface area contributed by atoms with E-state index in [0.29, 0.717) is 18.4 Å². The molecule has 7 nitrogen and oxygen atoms in total. The van der Waals surface area contributed by atoms with Crippen molar-refractivity contribution in [2.45, 2.75) is 44.6 Å². The lowest BCUT2D eigenvalue weighted by molar-refractivity contribution is -0.0458. The summed E-state index contributed by atoms with van der Waals surface area (Å²) < 4.78 is 5.92. The fourth-order valence-electron chi connectivity index (χ4n) is 4.29. The van der Waals surface area contributed by atoms with Gasteiger partial charge in [0.05, 0.1) is 29.9 Å². The zero-order valence-corrected chi connectivity index (χ0v) is 16.0. The Balaban J connectivity index is 1.60. The van der Waals surface area contributed by atoms with Crippen LogP contribution in [-0.2, 0) is 11.3 Å². The van der Waals surface area contributed by atoms with Crippen LogP contribution in [0.25, 0.3) is 0 Å². The first-order valence-corrected chi connectivity index (χ1v) is 9.60. The highest BCUT2D eigenvalue weighted by molar-refractivity contribution is 6.30. The number of rotatable bonds is 3. The van der Waals surface area contributed by atoms with Gasteiger partial charge in [-0.3, -0.25) is 9.59 Å². The largest absolute Gasteiger partial charge is 0.507 e. The van der Waals surface area contributed by atoms with Crippen LogP contribution < -0.4 is 5.73 Å². The van der Waals surface area contributed by atoms with Gasteiger partial charge >= 0.3 is 0 Å². The molecular weight excluding hydrogens is 374 g/mol. The van der Waals surface area contributed by atoms with Gasteiger partial charge in [-0.15, -0.1) is 0 Å². The van der Waals surface area contributed by atoms with E-state index in [1.54, 1.807) is 6.07 Å². The fourth-order valence-corrected chi connectivity index (χ4v) is 4.29. The number of phenols is 2. The molecular formula is C22H23NO6. The van der Waals surface area contributed by atoms with Gasteiger partial charge in [0, 0.05) is 17.2 Å². The van der Waals surface area contributed by atoms with Gasteiger partial charge in [0.15, 0.2) is 5.78 Å². The Morgan fingerprint density at radius 3 is 2.48 bits per heavy atom. The van der Waals surface area contributed by atoms with Gasteiger partial charge in [-0.25, -0.2) is 0 Å². The summed E-state index contributed by atoms with van der Waals surface area (Å²) in [7, 11) is 0. The highest BCUT2D eigenvalue weighted by Crippen LogP contribution is 2.37. The van der Waals surface area contributed by atoms with Crippen molar-refractivity contribution >= 4 is 11.6 Å². The second-order valence-corrected chi connectivity index (χ2v) is 7.93. The number of ether oxygens (including phenoxy) is 1. The van der Waals surface area contributed by atoms with Gasteiger partial charge in [-0.2, -0.15) is 0 Å². The molecule has 0 bridgehead atoms. The number of hydrogen-bond donors (Lipinski definition) is 4. The van der Waals surface area contributed by atoms with Crippen LogP contribution in [0.4, 0.5) is 0 Å². The lowest BCUT2D eigenvalue weighted by Gasteiger charge is -2.35. The van der Waals surface area contributed by atoms with Crippen LogP contribution in [0.3, 0.4) is 0 Å². The normalized spacial score (nSPS) is 26.2. The Morgan fingerprint density at radius 2 is 1.76 bits per heavy atom. The van der Waals surface area contributed by atoms with Crippen LogP contribution in [0.5, 0.6) is 11.5 Å². The third kappa shape index (κ3) is 3.31. The van der Waals surface area contributed by atoms with Crippen molar-refractivity contribution in [1.29, 1.82) is 0 Å². The predicted octanol–water partition coefficient (Wildman–Crippen LogP) is 1.88. The average Bonchev–Trinajstić information content (AvgIpc) is 2.68. The molecule has 4 atom stereocenters. The molecule has 0 heterocycles. The number of nitrogens with two attached hydrogens (primary N) is 1. The molecule has 29 heavy (non-hydrogen) atoms. The molecule has 0 saturated heterocycles. The fraction of sp³-hybridized carbons (Fsp3) is 0.364. The molecule has 2 aliphatic carbocycles. The van der Waals surface area contributed by atoms with Gasteiger partial charge in [0.1, 0.15) is 11.5 Å². The van der Waals surface area contributed by atoms with Crippen molar-refractivity contribution in [2.75, 3.05) is 0 Å². The molecule has 1 fully saturated rings. The molecule has 0 radical (unpaired) electrons. The highest BCUT2D eigenvalue weighted by atomic mass is 16.5. The van der Waals surface area contributed by atoms with Crippen molar-refractivity contribution in [2.24, 2.45) is 11.7 Å². The number of carbonyl (C=O) groups excluding carboxylic acids is 2. The van der Waals surface area contributed by atoms with E-state index >= 15 is 0 Å². The maximum absolute atomic E-state index is 12.9. The summed E-state index contributed by atoms with van der Waals surface area (Å²) in [4.78, 5) is 25.7.